The van der Waals surface area contributed by atoms with Gasteiger partial charge in [0.25, 0.3) is 0 Å². The van der Waals surface area contributed by atoms with Gasteiger partial charge in [-0.1, -0.05) is 82.8 Å². The van der Waals surface area contributed by atoms with Crippen LogP contribution in [0.2, 0.25) is 0 Å². The number of nitrogens with zero attached hydrogens (tertiary/aromatic N) is 2. The van der Waals surface area contributed by atoms with Crippen molar-refractivity contribution < 1.29 is 30.0 Å². The molecule has 5 aromatic rings. The molecule has 215 valence electrons. The molecule has 3 aromatic carbocycles. The minimum atomic E-state index is -0.125. The summed E-state index contributed by atoms with van der Waals surface area (Å²) in [6.07, 6.45) is 6.04. The second-order valence-electron chi connectivity index (χ2n) is 12.7. The van der Waals surface area contributed by atoms with Crippen molar-refractivity contribution in [3.8, 4) is 11.3 Å². The van der Waals surface area contributed by atoms with Gasteiger partial charge in [0.15, 0.2) is 5.78 Å². The SMILES string of the molecule is CC(=O)/C=C(/C)O.CC(C)(C)Cc1ccnc2c1ccc1c(-c3[c-]c4ccccc4c(C(C)(C)C)c3)nccc12.[Ir]. The van der Waals surface area contributed by atoms with Crippen LogP contribution in [0.5, 0.6) is 0 Å². The molecule has 0 aliphatic rings. The maximum absolute atomic E-state index is 10.0. The number of hydrogen-bond acceptors (Lipinski definition) is 4. The molecule has 0 bridgehead atoms. The zero-order valence-electron chi connectivity index (χ0n) is 25.2. The van der Waals surface area contributed by atoms with Gasteiger partial charge in [0, 0.05) is 55.0 Å². The number of aromatic nitrogens is 2. The average molecular weight is 724 g/mol. The van der Waals surface area contributed by atoms with Crippen molar-refractivity contribution in [2.75, 3.05) is 0 Å². The van der Waals surface area contributed by atoms with Crippen molar-refractivity contribution >= 4 is 38.2 Å². The number of aliphatic hydroxyl groups is 1. The normalized spacial score (nSPS) is 12.1. The number of pyridine rings is 2. The van der Waals surface area contributed by atoms with E-state index >= 15 is 0 Å². The fraction of sp³-hybridized carbons (Fsp3) is 0.306. The van der Waals surface area contributed by atoms with E-state index in [2.05, 4.69) is 102 Å². The summed E-state index contributed by atoms with van der Waals surface area (Å²) in [6.45, 7) is 16.5. The van der Waals surface area contributed by atoms with Gasteiger partial charge in [-0.3, -0.25) is 14.8 Å². The number of fused-ring (bicyclic) bond motifs is 4. The zero-order chi connectivity index (χ0) is 29.2. The molecule has 0 aliphatic carbocycles. The maximum atomic E-state index is 10.0. The van der Waals surface area contributed by atoms with E-state index in [1.165, 1.54) is 41.8 Å². The first-order chi connectivity index (χ1) is 18.7. The molecule has 0 amide bonds. The zero-order valence-corrected chi connectivity index (χ0v) is 27.6. The average Bonchev–Trinajstić information content (AvgIpc) is 2.86. The third-order valence-corrected chi connectivity index (χ3v) is 6.71. The molecule has 1 N–H and O–H groups in total. The van der Waals surface area contributed by atoms with Gasteiger partial charge >= 0.3 is 0 Å². The first-order valence-corrected chi connectivity index (χ1v) is 13.7. The smallest absolute Gasteiger partial charge is 0.155 e. The summed E-state index contributed by atoms with van der Waals surface area (Å²) in [7, 11) is 0. The minimum absolute atomic E-state index is 0. The molecule has 2 heterocycles. The van der Waals surface area contributed by atoms with Gasteiger partial charge in [-0.25, -0.2) is 0 Å². The molecule has 5 heteroatoms. The van der Waals surface area contributed by atoms with Crippen LogP contribution >= 0.6 is 0 Å². The molecule has 0 atom stereocenters. The van der Waals surface area contributed by atoms with Crippen molar-refractivity contribution in [1.82, 2.24) is 9.97 Å². The van der Waals surface area contributed by atoms with Gasteiger partial charge in [0.2, 0.25) is 0 Å². The van der Waals surface area contributed by atoms with Gasteiger partial charge in [-0.2, -0.15) is 0 Å². The molecule has 5 rings (SSSR count). The number of aliphatic hydroxyl groups excluding tert-OH is 1. The van der Waals surface area contributed by atoms with Crippen molar-refractivity contribution in [2.45, 2.75) is 67.2 Å². The van der Waals surface area contributed by atoms with E-state index < -0.39 is 0 Å². The molecule has 1 radical (unpaired) electrons. The predicted octanol–water partition coefficient (Wildman–Crippen LogP) is 9.32. The van der Waals surface area contributed by atoms with Crippen molar-refractivity contribution in [3.05, 3.63) is 96.0 Å². The van der Waals surface area contributed by atoms with E-state index in [0.29, 0.717) is 0 Å². The summed E-state index contributed by atoms with van der Waals surface area (Å²) >= 11 is 0. The van der Waals surface area contributed by atoms with Crippen LogP contribution in [0.25, 0.3) is 43.7 Å². The second kappa shape index (κ2) is 12.6. The van der Waals surface area contributed by atoms with Crippen LogP contribution in [0.15, 0.2) is 78.8 Å². The Morgan fingerprint density at radius 1 is 0.854 bits per heavy atom. The van der Waals surface area contributed by atoms with Crippen molar-refractivity contribution in [2.24, 2.45) is 5.41 Å². The molecule has 2 aromatic heterocycles. The van der Waals surface area contributed by atoms with Gasteiger partial charge in [0.05, 0.1) is 11.3 Å². The molecule has 0 spiro atoms. The largest absolute Gasteiger partial charge is 0.512 e. The summed E-state index contributed by atoms with van der Waals surface area (Å²) in [5.41, 5.74) is 5.95. The molecule has 0 aliphatic heterocycles. The van der Waals surface area contributed by atoms with Crippen LogP contribution in [-0.4, -0.2) is 20.9 Å². The summed E-state index contributed by atoms with van der Waals surface area (Å²) < 4.78 is 0. The standard InChI is InChI=1S/C31H31N2.C5H8O2.Ir/c1-30(2,3)19-21-13-15-33-29-24(21)11-12-25-26(29)14-16-32-28(25)22-17-20-9-7-8-10-23(20)27(18-22)31(4,5)6;1-4(6)3-5(2)7;/h7-16,18H,19H2,1-6H3;3,6H,1-2H3;/q-1;;/b;4-3-;. The molecule has 0 fully saturated rings. The Hall–Kier alpha value is -3.40. The van der Waals surface area contributed by atoms with E-state index in [9.17, 15) is 4.79 Å². The molecular formula is C36H39IrN2O2-. The Morgan fingerprint density at radius 3 is 2.12 bits per heavy atom. The second-order valence-corrected chi connectivity index (χ2v) is 12.7. The molecule has 4 nitrogen and oxygen atoms in total. The fourth-order valence-corrected chi connectivity index (χ4v) is 5.14. The third-order valence-electron chi connectivity index (χ3n) is 6.71. The van der Waals surface area contributed by atoms with Crippen LogP contribution < -0.4 is 0 Å². The van der Waals surface area contributed by atoms with Gasteiger partial charge in [-0.05, 0) is 54.2 Å². The topological polar surface area (TPSA) is 63.1 Å². The first-order valence-electron chi connectivity index (χ1n) is 13.7. The fourth-order valence-electron chi connectivity index (χ4n) is 5.14. The van der Waals surface area contributed by atoms with Crippen molar-refractivity contribution in [3.63, 3.8) is 0 Å². The Kier molecular flexibility index (Phi) is 9.89. The van der Waals surface area contributed by atoms with Gasteiger partial charge in [0.1, 0.15) is 0 Å². The van der Waals surface area contributed by atoms with Crippen LogP contribution in [0.4, 0.5) is 0 Å². The summed E-state index contributed by atoms with van der Waals surface area (Å²) in [5, 5.41) is 14.2. The number of hydrogen-bond donors (Lipinski definition) is 1. The number of benzene rings is 3. The molecule has 0 saturated heterocycles. The quantitative estimate of drug-likeness (QED) is 0.0873. The van der Waals surface area contributed by atoms with Crippen LogP contribution in [0.3, 0.4) is 0 Å². The minimum Gasteiger partial charge on any atom is -0.512 e. The third kappa shape index (κ3) is 7.67. The predicted molar refractivity (Wildman–Crippen MR) is 168 cm³/mol. The Labute approximate surface area is 257 Å². The van der Waals surface area contributed by atoms with Crippen LogP contribution in [0, 0.1) is 11.5 Å². The van der Waals surface area contributed by atoms with E-state index in [0.717, 1.165) is 39.4 Å². The Balaban J connectivity index is 0.000000516. The molecule has 0 saturated carbocycles. The summed E-state index contributed by atoms with van der Waals surface area (Å²) in [6, 6.07) is 23.2. The maximum Gasteiger partial charge on any atom is 0.155 e. The number of allylic oxidation sites excluding steroid dienone is 2. The monoisotopic (exact) mass is 724 g/mol. The number of carbonyl (C=O) groups excluding carboxylic acids is 1. The van der Waals surface area contributed by atoms with E-state index in [1.807, 2.05) is 12.4 Å². The number of ketones is 1. The Morgan fingerprint density at radius 2 is 1.51 bits per heavy atom. The summed E-state index contributed by atoms with van der Waals surface area (Å²) in [4.78, 5) is 19.7. The van der Waals surface area contributed by atoms with E-state index in [-0.39, 0.29) is 42.5 Å². The van der Waals surface area contributed by atoms with E-state index in [4.69, 9.17) is 15.1 Å². The Bertz CT molecular complexity index is 1740. The van der Waals surface area contributed by atoms with Crippen molar-refractivity contribution in [1.29, 1.82) is 0 Å². The van der Waals surface area contributed by atoms with Gasteiger partial charge < -0.3 is 5.11 Å². The van der Waals surface area contributed by atoms with Gasteiger partial charge in [-0.15, -0.1) is 29.1 Å². The molecular weight excluding hydrogens is 685 g/mol. The number of carbonyl (C=O) groups is 1. The summed E-state index contributed by atoms with van der Waals surface area (Å²) in [5.74, 6) is -0.0625. The number of rotatable bonds is 3. The molecule has 0 unspecified atom stereocenters. The van der Waals surface area contributed by atoms with E-state index in [1.54, 1.807) is 0 Å². The molecule has 41 heavy (non-hydrogen) atoms. The first kappa shape index (κ1) is 32.1. The van der Waals surface area contributed by atoms with Crippen LogP contribution in [0.1, 0.15) is 66.5 Å². The van der Waals surface area contributed by atoms with Crippen LogP contribution in [-0.2, 0) is 36.7 Å².